The zero-order chi connectivity index (χ0) is 36.4. The molecule has 1 aliphatic rings. The number of hydrogen-bond acceptors (Lipinski definition) is 8. The number of ether oxygens (including phenoxy) is 1. The molecular formula is C34H52N6O8. The summed E-state index contributed by atoms with van der Waals surface area (Å²) in [5.74, 6) is -3.45. The molecule has 1 heterocycles. The van der Waals surface area contributed by atoms with Gasteiger partial charge in [0.05, 0.1) is 11.3 Å². The van der Waals surface area contributed by atoms with Crippen LogP contribution in [0.15, 0.2) is 24.3 Å². The van der Waals surface area contributed by atoms with E-state index < -0.39 is 52.6 Å². The Kier molecular flexibility index (Phi) is 14.1. The van der Waals surface area contributed by atoms with Gasteiger partial charge in [-0.2, -0.15) is 0 Å². The largest absolute Gasteiger partial charge is 0.460 e. The molecule has 7 amide bonds. The first kappa shape index (κ1) is 39.7. The number of nitrogens with one attached hydrogen (secondary N) is 4. The van der Waals surface area contributed by atoms with Crippen LogP contribution in [-0.2, 0) is 40.1 Å². The molecule has 14 heteroatoms. The van der Waals surface area contributed by atoms with Crippen LogP contribution in [0, 0.1) is 22.7 Å². The Labute approximate surface area is 282 Å². The Morgan fingerprint density at radius 2 is 1.58 bits per heavy atom. The summed E-state index contributed by atoms with van der Waals surface area (Å²) >= 11 is 0. The monoisotopic (exact) mass is 672 g/mol. The lowest BCUT2D eigenvalue weighted by Crippen LogP contribution is -2.54. The van der Waals surface area contributed by atoms with E-state index in [1.54, 1.807) is 58.9 Å². The van der Waals surface area contributed by atoms with Gasteiger partial charge in [-0.15, -0.1) is 0 Å². The van der Waals surface area contributed by atoms with E-state index in [2.05, 4.69) is 21.3 Å². The molecule has 0 radical (unpaired) electrons. The van der Waals surface area contributed by atoms with Gasteiger partial charge in [-0.05, 0) is 62.6 Å². The fourth-order valence-corrected chi connectivity index (χ4v) is 4.92. The average molecular weight is 673 g/mol. The number of likely N-dealkylation sites (tertiary alicyclic amines) is 1. The molecular weight excluding hydrogens is 620 g/mol. The number of nitrogens with zero attached hydrogens (tertiary/aromatic N) is 1. The van der Waals surface area contributed by atoms with E-state index in [1.807, 2.05) is 20.8 Å². The van der Waals surface area contributed by atoms with Gasteiger partial charge in [-0.1, -0.05) is 46.8 Å². The number of urea groups is 1. The first-order valence-corrected chi connectivity index (χ1v) is 16.2. The van der Waals surface area contributed by atoms with Crippen molar-refractivity contribution in [1.29, 1.82) is 0 Å². The second kappa shape index (κ2) is 17.1. The van der Waals surface area contributed by atoms with Crippen molar-refractivity contribution >= 4 is 47.2 Å². The van der Waals surface area contributed by atoms with Crippen molar-refractivity contribution in [1.82, 2.24) is 20.9 Å². The number of primary amides is 1. The van der Waals surface area contributed by atoms with Gasteiger partial charge in [0.15, 0.2) is 0 Å². The van der Waals surface area contributed by atoms with E-state index in [4.69, 9.17) is 10.5 Å². The van der Waals surface area contributed by atoms with Crippen LogP contribution in [0.4, 0.5) is 10.5 Å². The fraction of sp³-hybridized carbons (Fsp3) is 0.618. The highest BCUT2D eigenvalue weighted by Crippen LogP contribution is 2.35. The maximum absolute atomic E-state index is 13.4. The maximum Gasteiger partial charge on any atom is 0.312 e. The summed E-state index contributed by atoms with van der Waals surface area (Å²) in [6.45, 7) is 14.5. The molecule has 1 saturated heterocycles. The van der Waals surface area contributed by atoms with Gasteiger partial charge in [0.2, 0.25) is 29.5 Å². The van der Waals surface area contributed by atoms with E-state index in [0.717, 1.165) is 10.5 Å². The molecule has 266 valence electrons. The maximum atomic E-state index is 13.4. The van der Waals surface area contributed by atoms with Gasteiger partial charge < -0.3 is 31.7 Å². The smallest absolute Gasteiger partial charge is 0.312 e. The third-order valence-corrected chi connectivity index (χ3v) is 7.92. The van der Waals surface area contributed by atoms with E-state index >= 15 is 0 Å². The summed E-state index contributed by atoms with van der Waals surface area (Å²) in [5.41, 5.74) is 5.27. The van der Waals surface area contributed by atoms with Crippen LogP contribution in [0.3, 0.4) is 0 Å². The van der Waals surface area contributed by atoms with Crippen LogP contribution < -0.4 is 27.0 Å². The zero-order valence-electron chi connectivity index (χ0n) is 29.4. The molecule has 0 aromatic heterocycles. The topological polar surface area (TPSA) is 206 Å². The Bertz CT molecular complexity index is 1350. The summed E-state index contributed by atoms with van der Waals surface area (Å²) in [6, 6.07) is 3.91. The number of benzene rings is 1. The van der Waals surface area contributed by atoms with Crippen LogP contribution in [0.5, 0.6) is 0 Å². The Morgan fingerprint density at radius 1 is 0.958 bits per heavy atom. The second-order valence-corrected chi connectivity index (χ2v) is 14.6. The van der Waals surface area contributed by atoms with Crippen molar-refractivity contribution < 1.29 is 38.3 Å². The molecule has 1 fully saturated rings. The van der Waals surface area contributed by atoms with Crippen LogP contribution in [0.2, 0.25) is 0 Å². The van der Waals surface area contributed by atoms with Crippen molar-refractivity contribution in [2.45, 2.75) is 99.8 Å². The van der Waals surface area contributed by atoms with Crippen LogP contribution in [0.25, 0.3) is 0 Å². The lowest BCUT2D eigenvalue weighted by molar-refractivity contribution is -0.154. The van der Waals surface area contributed by atoms with E-state index in [-0.39, 0.29) is 62.7 Å². The summed E-state index contributed by atoms with van der Waals surface area (Å²) in [6.07, 6.45) is 0.368. The molecule has 0 bridgehead atoms. The highest BCUT2D eigenvalue weighted by Gasteiger charge is 2.44. The predicted molar refractivity (Wildman–Crippen MR) is 179 cm³/mol. The van der Waals surface area contributed by atoms with E-state index in [1.165, 1.54) is 0 Å². The van der Waals surface area contributed by atoms with Crippen LogP contribution >= 0.6 is 0 Å². The Morgan fingerprint density at radius 3 is 2.10 bits per heavy atom. The summed E-state index contributed by atoms with van der Waals surface area (Å²) in [5, 5.41) is 10.6. The normalized spacial score (nSPS) is 16.3. The predicted octanol–water partition coefficient (Wildman–Crippen LogP) is 2.60. The number of imide groups is 1. The standard InChI is InChI=1S/C34H52N6O8/c1-20(2)27(39-25(41)15-17-40-26(42)18-23(30(40)45)33(3,4)5)29(44)38-24(10-9-16-36-32(35)47)28(43)37-22-13-11-21(12-14-22)19-48-31(46)34(6,7)8/h11-14,20,23-24,27H,9-10,15-19H2,1-8H3,(H,37,43)(H,38,44)(H,39,41)(H3,35,36,47)/t23?,24-,27-/m0/s1. The summed E-state index contributed by atoms with van der Waals surface area (Å²) < 4.78 is 5.33. The van der Waals surface area contributed by atoms with Crippen LogP contribution in [0.1, 0.15) is 86.6 Å². The number of esters is 1. The summed E-state index contributed by atoms with van der Waals surface area (Å²) in [4.78, 5) is 89.2. The van der Waals surface area contributed by atoms with Crippen LogP contribution in [-0.4, -0.2) is 71.6 Å². The Hall–Kier alpha value is -4.49. The van der Waals surface area contributed by atoms with Crippen molar-refractivity contribution in [2.75, 3.05) is 18.4 Å². The molecule has 0 saturated carbocycles. The number of anilines is 1. The minimum atomic E-state index is -1.04. The number of nitrogens with two attached hydrogens (primary N) is 1. The minimum absolute atomic E-state index is 0.0697. The van der Waals surface area contributed by atoms with Gasteiger partial charge in [0.25, 0.3) is 0 Å². The highest BCUT2D eigenvalue weighted by atomic mass is 16.5. The van der Waals surface area contributed by atoms with Gasteiger partial charge in [-0.25, -0.2) is 4.79 Å². The number of rotatable bonds is 15. The van der Waals surface area contributed by atoms with Crippen molar-refractivity contribution in [3.63, 3.8) is 0 Å². The van der Waals surface area contributed by atoms with Gasteiger partial charge in [0.1, 0.15) is 18.7 Å². The minimum Gasteiger partial charge on any atom is -0.460 e. The number of carbonyl (C=O) groups excluding carboxylic acids is 7. The molecule has 0 aliphatic carbocycles. The van der Waals surface area contributed by atoms with Gasteiger partial charge >= 0.3 is 12.0 Å². The molecule has 48 heavy (non-hydrogen) atoms. The van der Waals surface area contributed by atoms with Gasteiger partial charge in [0, 0.05) is 31.6 Å². The number of carbonyl (C=O) groups is 7. The van der Waals surface area contributed by atoms with Crippen molar-refractivity contribution in [2.24, 2.45) is 28.4 Å². The third kappa shape index (κ3) is 12.3. The molecule has 2 rings (SSSR count). The lowest BCUT2D eigenvalue weighted by atomic mass is 9.80. The van der Waals surface area contributed by atoms with E-state index in [9.17, 15) is 33.6 Å². The van der Waals surface area contributed by atoms with E-state index in [0.29, 0.717) is 12.1 Å². The van der Waals surface area contributed by atoms with Crippen molar-refractivity contribution in [3.8, 4) is 0 Å². The zero-order valence-corrected chi connectivity index (χ0v) is 29.4. The molecule has 1 aliphatic heterocycles. The second-order valence-electron chi connectivity index (χ2n) is 14.6. The Balaban J connectivity index is 2.06. The summed E-state index contributed by atoms with van der Waals surface area (Å²) in [7, 11) is 0. The molecule has 1 unspecified atom stereocenters. The molecule has 1 aromatic rings. The number of amides is 7. The van der Waals surface area contributed by atoms with Gasteiger partial charge in [-0.3, -0.25) is 33.7 Å². The molecule has 14 nitrogen and oxygen atoms in total. The lowest BCUT2D eigenvalue weighted by Gasteiger charge is -2.26. The SMILES string of the molecule is CC(C)[C@H](NC(=O)CCN1C(=O)CC(C(C)(C)C)C1=O)C(=O)N[C@@H](CCCNC(N)=O)C(=O)Nc1ccc(COC(=O)C(C)(C)C)cc1. The molecule has 0 spiro atoms. The molecule has 6 N–H and O–H groups in total. The number of hydrogen-bond donors (Lipinski definition) is 5. The first-order valence-electron chi connectivity index (χ1n) is 16.2. The average Bonchev–Trinajstić information content (AvgIpc) is 3.27. The van der Waals surface area contributed by atoms with Crippen molar-refractivity contribution in [3.05, 3.63) is 29.8 Å². The fourth-order valence-electron chi connectivity index (χ4n) is 4.92. The highest BCUT2D eigenvalue weighted by molar-refractivity contribution is 6.04. The first-order chi connectivity index (χ1) is 22.2. The third-order valence-electron chi connectivity index (χ3n) is 7.92. The quantitative estimate of drug-likeness (QED) is 0.106. The molecule has 3 atom stereocenters. The molecule has 1 aromatic carbocycles.